The number of rotatable bonds is 4. The van der Waals surface area contributed by atoms with Crippen LogP contribution in [-0.2, 0) is 6.54 Å². The van der Waals surface area contributed by atoms with Gasteiger partial charge in [-0.2, -0.15) is 0 Å². The Kier molecular flexibility index (Phi) is 4.07. The Morgan fingerprint density at radius 2 is 2.00 bits per heavy atom. The van der Waals surface area contributed by atoms with Crippen molar-refractivity contribution >= 4 is 11.6 Å². The van der Waals surface area contributed by atoms with Gasteiger partial charge in [0.25, 0.3) is 0 Å². The fourth-order valence-corrected chi connectivity index (χ4v) is 1.76. The second-order valence-electron chi connectivity index (χ2n) is 3.82. The molecule has 0 spiro atoms. The van der Waals surface area contributed by atoms with Crippen molar-refractivity contribution in [2.45, 2.75) is 19.5 Å². The molecule has 4 heteroatoms. The first-order valence-corrected chi connectivity index (χ1v) is 5.88. The van der Waals surface area contributed by atoms with Gasteiger partial charge in [-0.25, -0.2) is 9.97 Å². The summed E-state index contributed by atoms with van der Waals surface area (Å²) in [6.07, 6.45) is 3.49. The molecule has 3 nitrogen and oxygen atoms in total. The highest BCUT2D eigenvalue weighted by Gasteiger charge is 2.05. The van der Waals surface area contributed by atoms with Crippen LogP contribution in [0.3, 0.4) is 0 Å². The van der Waals surface area contributed by atoms with Crippen molar-refractivity contribution in [3.05, 3.63) is 59.1 Å². The highest BCUT2D eigenvalue weighted by molar-refractivity contribution is 6.30. The van der Waals surface area contributed by atoms with Crippen molar-refractivity contribution in [3.63, 3.8) is 0 Å². The molecule has 0 amide bonds. The summed E-state index contributed by atoms with van der Waals surface area (Å²) in [6.45, 7) is 2.74. The Labute approximate surface area is 106 Å². The van der Waals surface area contributed by atoms with Crippen LogP contribution in [0.5, 0.6) is 0 Å². The van der Waals surface area contributed by atoms with E-state index < -0.39 is 0 Å². The lowest BCUT2D eigenvalue weighted by Crippen LogP contribution is -2.19. The first-order chi connectivity index (χ1) is 8.25. The maximum absolute atomic E-state index is 5.95. The second kappa shape index (κ2) is 5.75. The van der Waals surface area contributed by atoms with Gasteiger partial charge in [0.2, 0.25) is 0 Å². The van der Waals surface area contributed by atoms with E-state index in [0.717, 1.165) is 16.4 Å². The number of halogens is 1. The standard InChI is InChI=1S/C13H14ClN3/c1-10(11-4-2-5-12(14)8-11)17-9-13-15-6-3-7-16-13/h2-8,10,17H,9H2,1H3. The highest BCUT2D eigenvalue weighted by Crippen LogP contribution is 2.17. The third-order valence-electron chi connectivity index (χ3n) is 2.53. The number of hydrogen-bond donors (Lipinski definition) is 1. The number of benzene rings is 1. The molecule has 1 unspecified atom stereocenters. The molecule has 1 atom stereocenters. The molecule has 88 valence electrons. The van der Waals surface area contributed by atoms with Gasteiger partial charge in [0.1, 0.15) is 5.82 Å². The SMILES string of the molecule is CC(NCc1ncccn1)c1cccc(Cl)c1. The fourth-order valence-electron chi connectivity index (χ4n) is 1.56. The van der Waals surface area contributed by atoms with Gasteiger partial charge in [0, 0.05) is 23.5 Å². The first kappa shape index (κ1) is 12.0. The third-order valence-corrected chi connectivity index (χ3v) is 2.77. The summed E-state index contributed by atoms with van der Waals surface area (Å²) in [5.74, 6) is 0.793. The fraction of sp³-hybridized carbons (Fsp3) is 0.231. The summed E-state index contributed by atoms with van der Waals surface area (Å²) < 4.78 is 0. The number of hydrogen-bond acceptors (Lipinski definition) is 3. The van der Waals surface area contributed by atoms with Crippen molar-refractivity contribution in [3.8, 4) is 0 Å². The minimum absolute atomic E-state index is 0.220. The van der Waals surface area contributed by atoms with E-state index in [1.165, 1.54) is 0 Å². The zero-order valence-corrected chi connectivity index (χ0v) is 10.4. The molecule has 0 bridgehead atoms. The van der Waals surface area contributed by atoms with Crippen LogP contribution in [-0.4, -0.2) is 9.97 Å². The van der Waals surface area contributed by atoms with E-state index in [1.54, 1.807) is 12.4 Å². The topological polar surface area (TPSA) is 37.8 Å². The Bertz CT molecular complexity index is 473. The largest absolute Gasteiger partial charge is 0.303 e. The van der Waals surface area contributed by atoms with Gasteiger partial charge in [-0.1, -0.05) is 23.7 Å². The van der Waals surface area contributed by atoms with Gasteiger partial charge >= 0.3 is 0 Å². The summed E-state index contributed by atoms with van der Waals surface area (Å²) in [6, 6.07) is 9.87. The third kappa shape index (κ3) is 3.51. The first-order valence-electron chi connectivity index (χ1n) is 5.50. The lowest BCUT2D eigenvalue weighted by Gasteiger charge is -2.13. The van der Waals surface area contributed by atoms with Gasteiger partial charge in [0.15, 0.2) is 0 Å². The van der Waals surface area contributed by atoms with Crippen LogP contribution in [0.25, 0.3) is 0 Å². The molecular formula is C13H14ClN3. The molecule has 0 aliphatic carbocycles. The molecule has 1 aromatic heterocycles. The normalized spacial score (nSPS) is 12.4. The molecule has 2 rings (SSSR count). The smallest absolute Gasteiger partial charge is 0.141 e. The van der Waals surface area contributed by atoms with E-state index in [-0.39, 0.29) is 6.04 Å². The van der Waals surface area contributed by atoms with Crippen molar-refractivity contribution in [1.82, 2.24) is 15.3 Å². The second-order valence-corrected chi connectivity index (χ2v) is 4.26. The summed E-state index contributed by atoms with van der Waals surface area (Å²) in [7, 11) is 0. The number of nitrogens with zero attached hydrogens (tertiary/aromatic N) is 2. The number of aromatic nitrogens is 2. The molecule has 0 fully saturated rings. The Morgan fingerprint density at radius 3 is 2.71 bits per heavy atom. The van der Waals surface area contributed by atoms with Crippen LogP contribution in [0.1, 0.15) is 24.4 Å². The van der Waals surface area contributed by atoms with Gasteiger partial charge in [-0.15, -0.1) is 0 Å². The molecule has 0 saturated carbocycles. The molecule has 0 radical (unpaired) electrons. The summed E-state index contributed by atoms with van der Waals surface area (Å²) >= 11 is 5.95. The van der Waals surface area contributed by atoms with Crippen LogP contribution in [0, 0.1) is 0 Å². The molecular weight excluding hydrogens is 234 g/mol. The maximum atomic E-state index is 5.95. The minimum Gasteiger partial charge on any atom is -0.303 e. The Balaban J connectivity index is 1.96. The molecule has 0 aliphatic rings. The zero-order valence-electron chi connectivity index (χ0n) is 9.60. The monoisotopic (exact) mass is 247 g/mol. The lowest BCUT2D eigenvalue weighted by atomic mass is 10.1. The van der Waals surface area contributed by atoms with Crippen LogP contribution in [0.15, 0.2) is 42.7 Å². The van der Waals surface area contributed by atoms with E-state index in [0.29, 0.717) is 6.54 Å². The van der Waals surface area contributed by atoms with Crippen molar-refractivity contribution in [2.24, 2.45) is 0 Å². The quantitative estimate of drug-likeness (QED) is 0.903. The molecule has 1 aromatic carbocycles. The average molecular weight is 248 g/mol. The molecule has 1 N–H and O–H groups in total. The maximum Gasteiger partial charge on any atom is 0.141 e. The summed E-state index contributed by atoms with van der Waals surface area (Å²) in [4.78, 5) is 8.32. The van der Waals surface area contributed by atoms with E-state index in [9.17, 15) is 0 Å². The van der Waals surface area contributed by atoms with E-state index in [1.807, 2.05) is 24.3 Å². The van der Waals surface area contributed by atoms with Crippen LogP contribution < -0.4 is 5.32 Å². The van der Waals surface area contributed by atoms with Crippen LogP contribution in [0.2, 0.25) is 5.02 Å². The van der Waals surface area contributed by atoms with Gasteiger partial charge < -0.3 is 5.32 Å². The minimum atomic E-state index is 0.220. The van der Waals surface area contributed by atoms with E-state index >= 15 is 0 Å². The van der Waals surface area contributed by atoms with Crippen LogP contribution in [0.4, 0.5) is 0 Å². The van der Waals surface area contributed by atoms with Crippen molar-refractivity contribution in [1.29, 1.82) is 0 Å². The molecule has 17 heavy (non-hydrogen) atoms. The summed E-state index contributed by atoms with van der Waals surface area (Å²) in [5.41, 5.74) is 1.16. The lowest BCUT2D eigenvalue weighted by molar-refractivity contribution is 0.559. The van der Waals surface area contributed by atoms with Crippen molar-refractivity contribution in [2.75, 3.05) is 0 Å². The molecule has 0 aliphatic heterocycles. The van der Waals surface area contributed by atoms with Gasteiger partial charge in [-0.3, -0.25) is 0 Å². The highest BCUT2D eigenvalue weighted by atomic mass is 35.5. The molecule has 2 aromatic rings. The number of nitrogens with one attached hydrogen (secondary N) is 1. The predicted molar refractivity (Wildman–Crippen MR) is 68.7 cm³/mol. The van der Waals surface area contributed by atoms with Gasteiger partial charge in [0.05, 0.1) is 6.54 Å². The Morgan fingerprint density at radius 1 is 1.24 bits per heavy atom. The zero-order chi connectivity index (χ0) is 12.1. The average Bonchev–Trinajstić information content (AvgIpc) is 2.37. The van der Waals surface area contributed by atoms with E-state index in [2.05, 4.69) is 28.3 Å². The summed E-state index contributed by atoms with van der Waals surface area (Å²) in [5, 5.41) is 4.12. The molecule has 0 saturated heterocycles. The van der Waals surface area contributed by atoms with Gasteiger partial charge in [-0.05, 0) is 30.7 Å². The van der Waals surface area contributed by atoms with Crippen molar-refractivity contribution < 1.29 is 0 Å². The Hall–Kier alpha value is -1.45. The predicted octanol–water partition coefficient (Wildman–Crippen LogP) is 2.98. The molecule has 1 heterocycles. The van der Waals surface area contributed by atoms with Crippen LogP contribution >= 0.6 is 11.6 Å². The van der Waals surface area contributed by atoms with E-state index in [4.69, 9.17) is 11.6 Å².